The van der Waals surface area contributed by atoms with Gasteiger partial charge in [0.2, 0.25) is 5.78 Å². The van der Waals surface area contributed by atoms with Gasteiger partial charge in [0, 0.05) is 40.7 Å². The number of rotatable bonds is 5. The molecule has 0 aromatic carbocycles. The Kier molecular flexibility index (Phi) is 4.06. The van der Waals surface area contributed by atoms with Gasteiger partial charge in [-0.25, -0.2) is 4.98 Å². The SMILES string of the molecule is O=C(C=C(O)c1csc(Cc2ccncc2)c1)c1ncn[nH]1. The van der Waals surface area contributed by atoms with Gasteiger partial charge in [0.25, 0.3) is 0 Å². The lowest BCUT2D eigenvalue weighted by Gasteiger charge is -1.97. The first-order chi connectivity index (χ1) is 10.7. The number of carbonyl (C=O) groups is 1. The van der Waals surface area contributed by atoms with Crippen LogP contribution in [0, 0.1) is 0 Å². The second-order valence-electron chi connectivity index (χ2n) is 4.56. The van der Waals surface area contributed by atoms with Gasteiger partial charge >= 0.3 is 0 Å². The van der Waals surface area contributed by atoms with Crippen LogP contribution in [0.15, 0.2) is 48.4 Å². The van der Waals surface area contributed by atoms with Crippen LogP contribution < -0.4 is 0 Å². The molecule has 0 spiro atoms. The molecule has 7 heteroatoms. The lowest BCUT2D eigenvalue weighted by atomic mass is 10.1. The topological polar surface area (TPSA) is 91.8 Å². The van der Waals surface area contributed by atoms with Crippen LogP contribution in [0.4, 0.5) is 0 Å². The first kappa shape index (κ1) is 14.2. The molecule has 0 aliphatic heterocycles. The fourth-order valence-corrected chi connectivity index (χ4v) is 2.82. The van der Waals surface area contributed by atoms with E-state index in [0.29, 0.717) is 5.56 Å². The molecule has 0 aliphatic carbocycles. The number of nitrogens with zero attached hydrogens (tertiary/aromatic N) is 3. The van der Waals surface area contributed by atoms with Crippen LogP contribution in [0.1, 0.15) is 26.6 Å². The minimum atomic E-state index is -0.420. The average Bonchev–Trinajstić information content (AvgIpc) is 3.19. The normalized spacial score (nSPS) is 11.5. The van der Waals surface area contributed by atoms with Gasteiger partial charge < -0.3 is 5.11 Å². The monoisotopic (exact) mass is 312 g/mol. The third kappa shape index (κ3) is 3.26. The Labute approximate surface area is 130 Å². The highest BCUT2D eigenvalue weighted by molar-refractivity contribution is 7.10. The number of ketones is 1. The second-order valence-corrected chi connectivity index (χ2v) is 5.56. The smallest absolute Gasteiger partial charge is 0.226 e. The number of H-pyrrole nitrogens is 1. The van der Waals surface area contributed by atoms with E-state index in [1.807, 2.05) is 23.6 Å². The highest BCUT2D eigenvalue weighted by Crippen LogP contribution is 2.23. The number of pyridine rings is 1. The number of carbonyl (C=O) groups excluding carboxylic acids is 1. The fraction of sp³-hybridized carbons (Fsp3) is 0.0667. The van der Waals surface area contributed by atoms with Crippen LogP contribution in [-0.2, 0) is 6.42 Å². The van der Waals surface area contributed by atoms with E-state index in [1.54, 1.807) is 12.4 Å². The van der Waals surface area contributed by atoms with E-state index >= 15 is 0 Å². The number of hydrogen-bond donors (Lipinski definition) is 2. The molecule has 3 heterocycles. The maximum Gasteiger partial charge on any atom is 0.226 e. The van der Waals surface area contributed by atoms with Crippen LogP contribution >= 0.6 is 11.3 Å². The molecule has 0 atom stereocenters. The predicted octanol–water partition coefficient (Wildman–Crippen LogP) is 2.63. The summed E-state index contributed by atoms with van der Waals surface area (Å²) in [4.78, 5) is 20.6. The molecule has 3 rings (SSSR count). The summed E-state index contributed by atoms with van der Waals surface area (Å²) in [5, 5.41) is 17.9. The Morgan fingerprint density at radius 3 is 2.91 bits per heavy atom. The van der Waals surface area contributed by atoms with Crippen LogP contribution in [0.2, 0.25) is 0 Å². The van der Waals surface area contributed by atoms with Crippen molar-refractivity contribution in [3.8, 4) is 0 Å². The molecule has 22 heavy (non-hydrogen) atoms. The summed E-state index contributed by atoms with van der Waals surface area (Å²) in [6.07, 6.45) is 6.64. The van der Waals surface area contributed by atoms with Crippen LogP contribution in [0.5, 0.6) is 0 Å². The summed E-state index contributed by atoms with van der Waals surface area (Å²) in [6, 6.07) is 5.76. The average molecular weight is 312 g/mol. The summed E-state index contributed by atoms with van der Waals surface area (Å²) in [5.74, 6) is -0.408. The zero-order valence-corrected chi connectivity index (χ0v) is 12.2. The lowest BCUT2D eigenvalue weighted by Crippen LogP contribution is -1.99. The van der Waals surface area contributed by atoms with Gasteiger partial charge in [0.1, 0.15) is 12.1 Å². The Hall–Kier alpha value is -2.80. The number of aromatic amines is 1. The Morgan fingerprint density at radius 2 is 2.18 bits per heavy atom. The number of aromatic nitrogens is 4. The van der Waals surface area contributed by atoms with Crippen molar-refractivity contribution in [2.75, 3.05) is 0 Å². The van der Waals surface area contributed by atoms with Crippen molar-refractivity contribution < 1.29 is 9.90 Å². The van der Waals surface area contributed by atoms with E-state index in [2.05, 4.69) is 20.2 Å². The van der Waals surface area contributed by atoms with Gasteiger partial charge in [-0.1, -0.05) is 0 Å². The number of nitrogens with one attached hydrogen (secondary N) is 1. The Balaban J connectivity index is 1.74. The summed E-state index contributed by atoms with van der Waals surface area (Å²) in [5.41, 5.74) is 1.76. The van der Waals surface area contributed by atoms with Crippen molar-refractivity contribution in [2.24, 2.45) is 0 Å². The van der Waals surface area contributed by atoms with E-state index in [9.17, 15) is 9.90 Å². The first-order valence-electron chi connectivity index (χ1n) is 6.49. The van der Waals surface area contributed by atoms with E-state index in [1.165, 1.54) is 17.7 Å². The van der Waals surface area contributed by atoms with E-state index < -0.39 is 5.78 Å². The minimum absolute atomic E-state index is 0.0846. The minimum Gasteiger partial charge on any atom is -0.507 e. The molecule has 0 amide bonds. The summed E-state index contributed by atoms with van der Waals surface area (Å²) in [7, 11) is 0. The molecular formula is C15H12N4O2S. The van der Waals surface area contributed by atoms with E-state index in [4.69, 9.17) is 0 Å². The fourth-order valence-electron chi connectivity index (χ4n) is 1.91. The first-order valence-corrected chi connectivity index (χ1v) is 7.37. The van der Waals surface area contributed by atoms with Gasteiger partial charge in [0.15, 0.2) is 5.82 Å². The molecule has 0 aliphatic rings. The standard InChI is InChI=1S/C15H12N4O2S/c20-13(7-14(21)15-17-9-18-19-15)11-6-12(22-8-11)5-10-1-3-16-4-2-10/h1-4,6-9,20H,5H2,(H,17,18,19). The van der Waals surface area contributed by atoms with Gasteiger partial charge in [-0.2, -0.15) is 5.10 Å². The van der Waals surface area contributed by atoms with Crippen LogP contribution in [0.3, 0.4) is 0 Å². The largest absolute Gasteiger partial charge is 0.507 e. The third-order valence-corrected chi connectivity index (χ3v) is 3.93. The Bertz CT molecular complexity index is 794. The number of allylic oxidation sites excluding steroid dienone is 1. The number of hydrogen-bond acceptors (Lipinski definition) is 6. The quantitative estimate of drug-likeness (QED) is 0.429. The van der Waals surface area contributed by atoms with Gasteiger partial charge in [-0.3, -0.25) is 14.9 Å². The van der Waals surface area contributed by atoms with Crippen molar-refractivity contribution in [2.45, 2.75) is 6.42 Å². The molecule has 0 fully saturated rings. The number of aliphatic hydroxyl groups excluding tert-OH is 1. The highest BCUT2D eigenvalue weighted by atomic mass is 32.1. The highest BCUT2D eigenvalue weighted by Gasteiger charge is 2.10. The predicted molar refractivity (Wildman–Crippen MR) is 82.7 cm³/mol. The van der Waals surface area contributed by atoms with E-state index in [-0.39, 0.29) is 11.6 Å². The van der Waals surface area contributed by atoms with Crippen LogP contribution in [0.25, 0.3) is 5.76 Å². The van der Waals surface area contributed by atoms with Crippen molar-refractivity contribution in [3.05, 3.63) is 70.2 Å². The van der Waals surface area contributed by atoms with Crippen molar-refractivity contribution in [3.63, 3.8) is 0 Å². The molecule has 0 saturated heterocycles. The molecular weight excluding hydrogens is 300 g/mol. The van der Waals surface area contributed by atoms with Gasteiger partial charge in [-0.05, 0) is 23.8 Å². The van der Waals surface area contributed by atoms with Crippen molar-refractivity contribution >= 4 is 22.9 Å². The molecule has 6 nitrogen and oxygen atoms in total. The molecule has 0 radical (unpaired) electrons. The summed E-state index contributed by atoms with van der Waals surface area (Å²) >= 11 is 1.53. The van der Waals surface area contributed by atoms with E-state index in [0.717, 1.165) is 22.9 Å². The molecule has 110 valence electrons. The van der Waals surface area contributed by atoms with Gasteiger partial charge in [-0.15, -0.1) is 11.3 Å². The zero-order chi connectivity index (χ0) is 15.4. The molecule has 2 N–H and O–H groups in total. The van der Waals surface area contributed by atoms with Gasteiger partial charge in [0.05, 0.1) is 0 Å². The number of aliphatic hydroxyl groups is 1. The lowest BCUT2D eigenvalue weighted by molar-refractivity contribution is 0.103. The van der Waals surface area contributed by atoms with Crippen molar-refractivity contribution in [1.29, 1.82) is 0 Å². The third-order valence-electron chi connectivity index (χ3n) is 2.99. The Morgan fingerprint density at radius 1 is 1.36 bits per heavy atom. The number of thiophene rings is 1. The second kappa shape index (κ2) is 6.31. The molecule has 3 aromatic rings. The molecule has 0 bridgehead atoms. The zero-order valence-electron chi connectivity index (χ0n) is 11.4. The maximum absolute atomic E-state index is 11.8. The van der Waals surface area contributed by atoms with Crippen molar-refractivity contribution in [1.82, 2.24) is 20.2 Å². The summed E-state index contributed by atoms with van der Waals surface area (Å²) < 4.78 is 0. The maximum atomic E-state index is 11.8. The molecule has 3 aromatic heterocycles. The molecule has 0 saturated carbocycles. The van der Waals surface area contributed by atoms with Crippen LogP contribution in [-0.4, -0.2) is 31.1 Å². The molecule has 0 unspecified atom stereocenters. The summed E-state index contributed by atoms with van der Waals surface area (Å²) in [6.45, 7) is 0.